The number of amides is 1. The number of rotatable bonds is 4. The van der Waals surface area contributed by atoms with Gasteiger partial charge < -0.3 is 5.32 Å². The minimum Gasteiger partial charge on any atom is -0.351 e. The molecule has 0 radical (unpaired) electrons. The van der Waals surface area contributed by atoms with Crippen LogP contribution in [-0.2, 0) is 5.41 Å². The first-order chi connectivity index (χ1) is 10.3. The molecule has 0 saturated carbocycles. The first-order valence-corrected chi connectivity index (χ1v) is 7.96. The second-order valence-corrected chi connectivity index (χ2v) is 6.99. The Morgan fingerprint density at radius 1 is 1.27 bits per heavy atom. The number of carbonyl (C=O) groups excluding carboxylic acids is 1. The maximum atomic E-state index is 13.3. The third-order valence-corrected chi connectivity index (χ3v) is 4.40. The van der Waals surface area contributed by atoms with Crippen molar-refractivity contribution in [2.45, 2.75) is 19.3 Å². The molecule has 0 fully saturated rings. The highest BCUT2D eigenvalue weighted by atomic mass is 79.9. The lowest BCUT2D eigenvalue weighted by molar-refractivity contribution is 0.0944. The van der Waals surface area contributed by atoms with Gasteiger partial charge in [-0.15, -0.1) is 0 Å². The van der Waals surface area contributed by atoms with E-state index in [-0.39, 0.29) is 16.9 Å². The summed E-state index contributed by atoms with van der Waals surface area (Å²) in [4.78, 5) is 12.2. The minimum atomic E-state index is -0.442. The molecule has 0 aromatic heterocycles. The van der Waals surface area contributed by atoms with Crippen molar-refractivity contribution < 1.29 is 9.18 Å². The number of benzene rings is 2. The van der Waals surface area contributed by atoms with E-state index in [2.05, 4.69) is 21.2 Å². The van der Waals surface area contributed by atoms with Gasteiger partial charge in [-0.05, 0) is 51.8 Å². The SMILES string of the molecule is CC(C)(CNC(=O)c1cc(F)ccc1Br)c1cccc(Cl)c1. The smallest absolute Gasteiger partial charge is 0.252 e. The molecular formula is C17H16BrClFNO. The fourth-order valence-electron chi connectivity index (χ4n) is 2.08. The van der Waals surface area contributed by atoms with Crippen LogP contribution in [0.1, 0.15) is 29.8 Å². The summed E-state index contributed by atoms with van der Waals surface area (Å²) in [7, 11) is 0. The molecule has 1 N–H and O–H groups in total. The lowest BCUT2D eigenvalue weighted by Crippen LogP contribution is -2.36. The first kappa shape index (κ1) is 17.0. The van der Waals surface area contributed by atoms with Gasteiger partial charge in [-0.25, -0.2) is 4.39 Å². The highest BCUT2D eigenvalue weighted by Gasteiger charge is 2.22. The van der Waals surface area contributed by atoms with Gasteiger partial charge in [0.05, 0.1) is 5.56 Å². The molecule has 0 unspecified atom stereocenters. The molecule has 0 saturated heterocycles. The van der Waals surface area contributed by atoms with Gasteiger partial charge in [-0.3, -0.25) is 4.79 Å². The van der Waals surface area contributed by atoms with E-state index < -0.39 is 5.82 Å². The molecule has 1 amide bonds. The van der Waals surface area contributed by atoms with Crippen molar-refractivity contribution in [3.8, 4) is 0 Å². The Balaban J connectivity index is 2.11. The van der Waals surface area contributed by atoms with Gasteiger partial charge in [-0.2, -0.15) is 0 Å². The number of hydrogen-bond donors (Lipinski definition) is 1. The van der Waals surface area contributed by atoms with Crippen LogP contribution in [0.3, 0.4) is 0 Å². The molecular weight excluding hydrogens is 369 g/mol. The predicted molar refractivity (Wildman–Crippen MR) is 90.9 cm³/mol. The van der Waals surface area contributed by atoms with Crippen LogP contribution in [0.25, 0.3) is 0 Å². The zero-order valence-corrected chi connectivity index (χ0v) is 14.6. The molecule has 2 aromatic carbocycles. The molecule has 0 bridgehead atoms. The summed E-state index contributed by atoms with van der Waals surface area (Å²) >= 11 is 9.27. The minimum absolute atomic E-state index is 0.280. The van der Waals surface area contributed by atoms with E-state index in [4.69, 9.17) is 11.6 Å². The largest absolute Gasteiger partial charge is 0.351 e. The van der Waals surface area contributed by atoms with E-state index >= 15 is 0 Å². The van der Waals surface area contributed by atoms with Crippen LogP contribution < -0.4 is 5.32 Å². The van der Waals surface area contributed by atoms with Gasteiger partial charge in [0.2, 0.25) is 0 Å². The van der Waals surface area contributed by atoms with E-state index in [1.54, 1.807) is 0 Å². The van der Waals surface area contributed by atoms with Crippen LogP contribution in [0, 0.1) is 5.82 Å². The Labute approximate surface area is 142 Å². The van der Waals surface area contributed by atoms with Crippen molar-refractivity contribution in [2.75, 3.05) is 6.54 Å². The van der Waals surface area contributed by atoms with E-state index in [0.717, 1.165) is 5.56 Å². The van der Waals surface area contributed by atoms with Crippen LogP contribution >= 0.6 is 27.5 Å². The highest BCUT2D eigenvalue weighted by molar-refractivity contribution is 9.10. The lowest BCUT2D eigenvalue weighted by atomic mass is 9.84. The van der Waals surface area contributed by atoms with Crippen LogP contribution in [0.5, 0.6) is 0 Å². The zero-order chi connectivity index (χ0) is 16.3. The van der Waals surface area contributed by atoms with Crippen molar-refractivity contribution in [1.29, 1.82) is 0 Å². The third kappa shape index (κ3) is 4.08. The topological polar surface area (TPSA) is 29.1 Å². The molecule has 0 aliphatic heterocycles. The Kier molecular flexibility index (Phi) is 5.24. The zero-order valence-electron chi connectivity index (χ0n) is 12.3. The van der Waals surface area contributed by atoms with Crippen LogP contribution in [0.2, 0.25) is 5.02 Å². The molecule has 2 nitrogen and oxygen atoms in total. The van der Waals surface area contributed by atoms with Gasteiger partial charge in [0.1, 0.15) is 5.82 Å². The maximum Gasteiger partial charge on any atom is 0.252 e. The molecule has 0 aliphatic carbocycles. The first-order valence-electron chi connectivity index (χ1n) is 6.79. The summed E-state index contributed by atoms with van der Waals surface area (Å²) in [6, 6.07) is 11.6. The number of hydrogen-bond acceptors (Lipinski definition) is 1. The van der Waals surface area contributed by atoms with E-state index in [0.29, 0.717) is 16.0 Å². The van der Waals surface area contributed by atoms with Crippen LogP contribution in [-0.4, -0.2) is 12.5 Å². The monoisotopic (exact) mass is 383 g/mol. The van der Waals surface area contributed by atoms with Gasteiger partial charge in [0.15, 0.2) is 0 Å². The van der Waals surface area contributed by atoms with Crippen molar-refractivity contribution in [2.24, 2.45) is 0 Å². The fraction of sp³-hybridized carbons (Fsp3) is 0.235. The summed E-state index contributed by atoms with van der Waals surface area (Å²) in [6.45, 7) is 4.44. The molecule has 116 valence electrons. The molecule has 5 heteroatoms. The number of halogens is 3. The van der Waals surface area contributed by atoms with Crippen molar-refractivity contribution in [1.82, 2.24) is 5.32 Å². The molecule has 22 heavy (non-hydrogen) atoms. The molecule has 0 heterocycles. The third-order valence-electron chi connectivity index (χ3n) is 3.47. The van der Waals surface area contributed by atoms with Gasteiger partial charge in [0, 0.05) is 21.5 Å². The van der Waals surface area contributed by atoms with Gasteiger partial charge >= 0.3 is 0 Å². The van der Waals surface area contributed by atoms with Crippen molar-refractivity contribution in [3.63, 3.8) is 0 Å². The van der Waals surface area contributed by atoms with Gasteiger partial charge in [-0.1, -0.05) is 37.6 Å². The summed E-state index contributed by atoms with van der Waals surface area (Å²) in [5.41, 5.74) is 1.01. The molecule has 0 aliphatic rings. The predicted octanol–water partition coefficient (Wildman–Crippen LogP) is 4.95. The Morgan fingerprint density at radius 3 is 2.68 bits per heavy atom. The average Bonchev–Trinajstić information content (AvgIpc) is 2.47. The second-order valence-electron chi connectivity index (χ2n) is 5.70. The maximum absolute atomic E-state index is 13.3. The Hall–Kier alpha value is -1.39. The standard InChI is InChI=1S/C17H16BrClFNO/c1-17(2,11-4-3-5-12(19)8-11)10-21-16(22)14-9-13(20)6-7-15(14)18/h3-9H,10H2,1-2H3,(H,21,22). The Bertz CT molecular complexity index is 703. The van der Waals surface area contributed by atoms with E-state index in [9.17, 15) is 9.18 Å². The van der Waals surface area contributed by atoms with Gasteiger partial charge in [0.25, 0.3) is 5.91 Å². The second kappa shape index (κ2) is 6.80. The van der Waals surface area contributed by atoms with Crippen LogP contribution in [0.15, 0.2) is 46.9 Å². The number of nitrogens with one attached hydrogen (secondary N) is 1. The summed E-state index contributed by atoms with van der Waals surface area (Å²) in [6.07, 6.45) is 0. The Morgan fingerprint density at radius 2 is 2.00 bits per heavy atom. The lowest BCUT2D eigenvalue weighted by Gasteiger charge is -2.26. The normalized spacial score (nSPS) is 11.3. The fourth-order valence-corrected chi connectivity index (χ4v) is 2.70. The number of carbonyl (C=O) groups is 1. The molecule has 0 atom stereocenters. The molecule has 2 rings (SSSR count). The van der Waals surface area contributed by atoms with E-state index in [1.807, 2.05) is 38.1 Å². The quantitative estimate of drug-likeness (QED) is 0.794. The van der Waals surface area contributed by atoms with Crippen molar-refractivity contribution in [3.05, 3.63) is 68.9 Å². The van der Waals surface area contributed by atoms with Crippen molar-refractivity contribution >= 4 is 33.4 Å². The van der Waals surface area contributed by atoms with E-state index in [1.165, 1.54) is 18.2 Å². The molecule has 2 aromatic rings. The van der Waals surface area contributed by atoms with Crippen LogP contribution in [0.4, 0.5) is 4.39 Å². The molecule has 0 spiro atoms. The highest BCUT2D eigenvalue weighted by Crippen LogP contribution is 2.25. The summed E-state index contributed by atoms with van der Waals surface area (Å²) in [5.74, 6) is -0.760. The summed E-state index contributed by atoms with van der Waals surface area (Å²) in [5, 5.41) is 3.50. The average molecular weight is 385 g/mol. The summed E-state index contributed by atoms with van der Waals surface area (Å²) < 4.78 is 13.8.